The first kappa shape index (κ1) is 15.5. The van der Waals surface area contributed by atoms with E-state index in [1.807, 2.05) is 6.92 Å². The number of rotatable bonds is 7. The monoisotopic (exact) mass is 308 g/mol. The van der Waals surface area contributed by atoms with Crippen molar-refractivity contribution in [1.82, 2.24) is 10.3 Å². The fraction of sp³-hybridized carbons (Fsp3) is 0.400. The molecule has 2 rings (SSSR count). The van der Waals surface area contributed by atoms with E-state index in [4.69, 9.17) is 4.74 Å². The second-order valence-corrected chi connectivity index (χ2v) is 6.77. The van der Waals surface area contributed by atoms with Crippen LogP contribution in [-0.2, 0) is 11.3 Å². The predicted octanol–water partition coefficient (Wildman–Crippen LogP) is 3.65. The molecule has 0 atom stereocenters. The summed E-state index contributed by atoms with van der Waals surface area (Å²) in [6.07, 6.45) is 0. The number of nitrogens with one attached hydrogen (secondary N) is 1. The topological polar surface area (TPSA) is 34.1 Å². The summed E-state index contributed by atoms with van der Waals surface area (Å²) in [6.45, 7) is 6.69. The lowest BCUT2D eigenvalue weighted by Crippen LogP contribution is -2.18. The third kappa shape index (κ3) is 4.59. The van der Waals surface area contributed by atoms with Gasteiger partial charge >= 0.3 is 0 Å². The van der Waals surface area contributed by atoms with Crippen molar-refractivity contribution in [2.45, 2.75) is 29.6 Å². The molecule has 0 bridgehead atoms. The molecule has 0 saturated heterocycles. The second-order valence-electron chi connectivity index (χ2n) is 4.63. The molecular formula is C15H20N2OS2. The maximum Gasteiger partial charge on any atom is 0.154 e. The molecule has 0 spiro atoms. The van der Waals surface area contributed by atoms with Crippen LogP contribution in [0.25, 0.3) is 0 Å². The predicted molar refractivity (Wildman–Crippen MR) is 85.7 cm³/mol. The van der Waals surface area contributed by atoms with Crippen LogP contribution in [-0.4, -0.2) is 25.2 Å². The van der Waals surface area contributed by atoms with Gasteiger partial charge < -0.3 is 10.1 Å². The van der Waals surface area contributed by atoms with Gasteiger partial charge in [0.15, 0.2) is 4.34 Å². The molecule has 0 fully saturated rings. The number of hydrogen-bond acceptors (Lipinski definition) is 5. The van der Waals surface area contributed by atoms with Crippen molar-refractivity contribution in [1.29, 1.82) is 0 Å². The van der Waals surface area contributed by atoms with Crippen molar-refractivity contribution >= 4 is 23.1 Å². The van der Waals surface area contributed by atoms with Gasteiger partial charge in [-0.15, -0.1) is 11.3 Å². The first-order valence-corrected chi connectivity index (χ1v) is 8.28. The Hall–Kier alpha value is -0.880. The number of methoxy groups -OCH3 is 1. The Morgan fingerprint density at radius 2 is 2.20 bits per heavy atom. The molecule has 0 amide bonds. The van der Waals surface area contributed by atoms with Crippen molar-refractivity contribution < 1.29 is 4.74 Å². The van der Waals surface area contributed by atoms with Gasteiger partial charge in [-0.1, -0.05) is 23.9 Å². The van der Waals surface area contributed by atoms with Gasteiger partial charge in [0.25, 0.3) is 0 Å². The van der Waals surface area contributed by atoms with Crippen molar-refractivity contribution in [3.05, 3.63) is 40.4 Å². The lowest BCUT2D eigenvalue weighted by Gasteiger charge is -2.08. The largest absolute Gasteiger partial charge is 0.383 e. The van der Waals surface area contributed by atoms with Crippen LogP contribution in [0.3, 0.4) is 0 Å². The van der Waals surface area contributed by atoms with Crippen molar-refractivity contribution in [2.75, 3.05) is 20.3 Å². The Kier molecular flexibility index (Phi) is 6.04. The van der Waals surface area contributed by atoms with Gasteiger partial charge in [-0.05, 0) is 31.0 Å². The number of thiazole rings is 1. The van der Waals surface area contributed by atoms with Gasteiger partial charge in [-0.2, -0.15) is 0 Å². The first-order chi connectivity index (χ1) is 9.69. The van der Waals surface area contributed by atoms with E-state index in [0.717, 1.165) is 29.7 Å². The number of nitrogens with zero attached hydrogens (tertiary/aromatic N) is 1. The van der Waals surface area contributed by atoms with E-state index in [2.05, 4.69) is 40.8 Å². The Balaban J connectivity index is 1.95. The lowest BCUT2D eigenvalue weighted by molar-refractivity contribution is 0.199. The van der Waals surface area contributed by atoms with Crippen molar-refractivity contribution in [3.8, 4) is 0 Å². The third-order valence-electron chi connectivity index (χ3n) is 2.85. The van der Waals surface area contributed by atoms with Crippen LogP contribution < -0.4 is 5.32 Å². The molecule has 0 unspecified atom stereocenters. The highest BCUT2D eigenvalue weighted by Crippen LogP contribution is 2.32. The number of aryl methyl sites for hydroxylation is 2. The van der Waals surface area contributed by atoms with Gasteiger partial charge in [-0.25, -0.2) is 4.98 Å². The van der Waals surface area contributed by atoms with E-state index in [1.54, 1.807) is 30.2 Å². The van der Waals surface area contributed by atoms with Crippen LogP contribution >= 0.6 is 23.1 Å². The van der Waals surface area contributed by atoms with Gasteiger partial charge in [-0.3, -0.25) is 0 Å². The normalized spacial score (nSPS) is 10.9. The average Bonchev–Trinajstić information content (AvgIpc) is 2.83. The first-order valence-electron chi connectivity index (χ1n) is 6.58. The van der Waals surface area contributed by atoms with Crippen LogP contribution in [0.4, 0.5) is 0 Å². The minimum Gasteiger partial charge on any atom is -0.383 e. The maximum atomic E-state index is 5.02. The summed E-state index contributed by atoms with van der Waals surface area (Å²) >= 11 is 3.44. The zero-order valence-corrected chi connectivity index (χ0v) is 13.7. The zero-order valence-electron chi connectivity index (χ0n) is 12.1. The number of hydrogen-bond donors (Lipinski definition) is 1. The second kappa shape index (κ2) is 7.78. The molecule has 20 heavy (non-hydrogen) atoms. The molecule has 3 nitrogen and oxygen atoms in total. The summed E-state index contributed by atoms with van der Waals surface area (Å²) in [6, 6.07) is 6.60. The molecule has 1 N–H and O–H groups in total. The summed E-state index contributed by atoms with van der Waals surface area (Å²) in [7, 11) is 1.72. The smallest absolute Gasteiger partial charge is 0.154 e. The van der Waals surface area contributed by atoms with Crippen LogP contribution in [0.1, 0.15) is 16.8 Å². The van der Waals surface area contributed by atoms with Crippen LogP contribution in [0, 0.1) is 13.8 Å². The highest BCUT2D eigenvalue weighted by Gasteiger charge is 2.05. The van der Waals surface area contributed by atoms with Gasteiger partial charge in [0.2, 0.25) is 0 Å². The fourth-order valence-corrected chi connectivity index (χ4v) is 3.68. The summed E-state index contributed by atoms with van der Waals surface area (Å²) in [5, 5.41) is 5.45. The zero-order chi connectivity index (χ0) is 14.4. The van der Waals surface area contributed by atoms with E-state index in [9.17, 15) is 0 Å². The van der Waals surface area contributed by atoms with Crippen LogP contribution in [0.5, 0.6) is 0 Å². The molecule has 5 heteroatoms. The standard InChI is InChI=1S/C15H20N2OS2/c1-11-8-13(9-16-6-7-18-3)4-5-14(11)20-15-17-12(2)10-19-15/h4-5,8,10,16H,6-7,9H2,1-3H3. The van der Waals surface area contributed by atoms with E-state index in [1.165, 1.54) is 16.0 Å². The number of benzene rings is 1. The van der Waals surface area contributed by atoms with Crippen LogP contribution in [0.2, 0.25) is 0 Å². The molecule has 0 aliphatic rings. The minimum atomic E-state index is 0.746. The Bertz CT molecular complexity index is 555. The molecule has 2 aromatic rings. The molecule has 0 saturated carbocycles. The lowest BCUT2D eigenvalue weighted by atomic mass is 10.1. The number of ether oxygens (including phenoxy) is 1. The molecule has 1 aromatic heterocycles. The summed E-state index contributed by atoms with van der Waals surface area (Å²) in [4.78, 5) is 5.77. The molecule has 1 aromatic carbocycles. The SMILES string of the molecule is COCCNCc1ccc(Sc2nc(C)cs2)c(C)c1. The highest BCUT2D eigenvalue weighted by atomic mass is 32.2. The quantitative estimate of drug-likeness (QED) is 0.792. The Morgan fingerprint density at radius 1 is 1.35 bits per heavy atom. The molecule has 0 radical (unpaired) electrons. The van der Waals surface area contributed by atoms with Crippen molar-refractivity contribution in [3.63, 3.8) is 0 Å². The van der Waals surface area contributed by atoms with Crippen molar-refractivity contribution in [2.24, 2.45) is 0 Å². The third-order valence-corrected chi connectivity index (χ3v) is 5.08. The van der Waals surface area contributed by atoms with Gasteiger partial charge in [0, 0.05) is 36.2 Å². The maximum absolute atomic E-state index is 5.02. The van der Waals surface area contributed by atoms with E-state index >= 15 is 0 Å². The summed E-state index contributed by atoms with van der Waals surface area (Å²) in [5.41, 5.74) is 3.70. The van der Waals surface area contributed by atoms with E-state index < -0.39 is 0 Å². The van der Waals surface area contributed by atoms with Gasteiger partial charge in [0.1, 0.15) is 0 Å². The van der Waals surface area contributed by atoms with E-state index in [-0.39, 0.29) is 0 Å². The average molecular weight is 308 g/mol. The van der Waals surface area contributed by atoms with Gasteiger partial charge in [0.05, 0.1) is 6.61 Å². The molecular weight excluding hydrogens is 288 g/mol. The molecule has 0 aliphatic carbocycles. The fourth-order valence-electron chi connectivity index (χ4n) is 1.82. The molecule has 1 heterocycles. The Labute approximate surface area is 128 Å². The molecule has 0 aliphatic heterocycles. The minimum absolute atomic E-state index is 0.746. The van der Waals surface area contributed by atoms with Crippen LogP contribution in [0.15, 0.2) is 32.8 Å². The summed E-state index contributed by atoms with van der Waals surface area (Å²) < 4.78 is 6.13. The highest BCUT2D eigenvalue weighted by molar-refractivity contribution is 8.01. The molecule has 108 valence electrons. The number of aromatic nitrogens is 1. The van der Waals surface area contributed by atoms with E-state index in [0.29, 0.717) is 0 Å². The summed E-state index contributed by atoms with van der Waals surface area (Å²) in [5.74, 6) is 0. The Morgan fingerprint density at radius 3 is 2.85 bits per heavy atom.